The first kappa shape index (κ1) is 11.0. The van der Waals surface area contributed by atoms with Gasteiger partial charge in [0.05, 0.1) is 6.54 Å². The number of benzene rings is 1. The van der Waals surface area contributed by atoms with Crippen LogP contribution < -0.4 is 11.5 Å². The topological polar surface area (TPSA) is 76.8 Å². The summed E-state index contributed by atoms with van der Waals surface area (Å²) >= 11 is 5.82. The number of halogens is 1. The standard InChI is InChI=1S/C11H13ClN4/c12-9-3-1-7(2-4-9)5-8-6-15-11(14)16-10(8)13/h1-4,8H,5-6H2,(H4,13,14,15,16). The number of hydrogen-bond donors (Lipinski definition) is 2. The zero-order valence-electron chi connectivity index (χ0n) is 8.73. The Bertz CT molecular complexity index is 436. The maximum atomic E-state index is 5.82. The molecule has 1 unspecified atom stereocenters. The Hall–Kier alpha value is -1.55. The number of hydrogen-bond acceptors (Lipinski definition) is 4. The van der Waals surface area contributed by atoms with Crippen LogP contribution in [-0.4, -0.2) is 18.3 Å². The Morgan fingerprint density at radius 2 is 1.94 bits per heavy atom. The van der Waals surface area contributed by atoms with Crippen LogP contribution in [0.2, 0.25) is 5.02 Å². The van der Waals surface area contributed by atoms with Gasteiger partial charge in [-0.1, -0.05) is 23.7 Å². The first-order valence-electron chi connectivity index (χ1n) is 5.03. The highest BCUT2D eigenvalue weighted by Gasteiger charge is 2.17. The van der Waals surface area contributed by atoms with Crippen LogP contribution in [0.3, 0.4) is 0 Å². The average molecular weight is 237 g/mol. The van der Waals surface area contributed by atoms with Crippen LogP contribution >= 0.6 is 11.6 Å². The van der Waals surface area contributed by atoms with E-state index in [-0.39, 0.29) is 11.9 Å². The SMILES string of the molecule is NC1=NCC(Cc2ccc(Cl)cc2)C(N)=N1. The highest BCUT2D eigenvalue weighted by Crippen LogP contribution is 2.15. The van der Waals surface area contributed by atoms with Crippen molar-refractivity contribution in [3.05, 3.63) is 34.9 Å². The summed E-state index contributed by atoms with van der Waals surface area (Å²) in [7, 11) is 0. The van der Waals surface area contributed by atoms with Gasteiger partial charge in [0.2, 0.25) is 5.96 Å². The summed E-state index contributed by atoms with van der Waals surface area (Å²) < 4.78 is 0. The van der Waals surface area contributed by atoms with Crippen molar-refractivity contribution in [1.82, 2.24) is 0 Å². The fourth-order valence-corrected chi connectivity index (χ4v) is 1.76. The van der Waals surface area contributed by atoms with Gasteiger partial charge in [-0.25, -0.2) is 4.99 Å². The van der Waals surface area contributed by atoms with Gasteiger partial charge >= 0.3 is 0 Å². The molecule has 0 radical (unpaired) electrons. The van der Waals surface area contributed by atoms with E-state index in [1.165, 1.54) is 5.56 Å². The van der Waals surface area contributed by atoms with Crippen LogP contribution in [0.15, 0.2) is 34.3 Å². The van der Waals surface area contributed by atoms with Gasteiger partial charge in [0, 0.05) is 10.9 Å². The second-order valence-electron chi connectivity index (χ2n) is 3.76. The largest absolute Gasteiger partial charge is 0.387 e. The van der Waals surface area contributed by atoms with Crippen molar-refractivity contribution in [1.29, 1.82) is 0 Å². The molecule has 0 fully saturated rings. The lowest BCUT2D eigenvalue weighted by Crippen LogP contribution is -2.34. The summed E-state index contributed by atoms with van der Waals surface area (Å²) in [5.74, 6) is 0.959. The molecule has 0 spiro atoms. The Morgan fingerprint density at radius 1 is 1.25 bits per heavy atom. The molecule has 84 valence electrons. The monoisotopic (exact) mass is 236 g/mol. The van der Waals surface area contributed by atoms with Crippen molar-refractivity contribution in [2.75, 3.05) is 6.54 Å². The predicted octanol–water partition coefficient (Wildman–Crippen LogP) is 1.18. The van der Waals surface area contributed by atoms with Crippen molar-refractivity contribution in [3.63, 3.8) is 0 Å². The second kappa shape index (κ2) is 4.53. The number of nitrogens with zero attached hydrogens (tertiary/aromatic N) is 2. The van der Waals surface area contributed by atoms with E-state index in [0.29, 0.717) is 12.4 Å². The number of guanidine groups is 1. The van der Waals surface area contributed by atoms with Gasteiger partial charge in [-0.15, -0.1) is 0 Å². The lowest BCUT2D eigenvalue weighted by molar-refractivity contribution is 0.683. The molecule has 0 bridgehead atoms. The van der Waals surface area contributed by atoms with Crippen molar-refractivity contribution in [2.24, 2.45) is 27.4 Å². The van der Waals surface area contributed by atoms with Crippen LogP contribution in [-0.2, 0) is 6.42 Å². The molecule has 0 amide bonds. The number of nitrogens with two attached hydrogens (primary N) is 2. The lowest BCUT2D eigenvalue weighted by Gasteiger charge is -2.17. The minimum Gasteiger partial charge on any atom is -0.387 e. The molecule has 0 aliphatic carbocycles. The van der Waals surface area contributed by atoms with Gasteiger partial charge in [-0.05, 0) is 24.1 Å². The van der Waals surface area contributed by atoms with Crippen LogP contribution in [0.25, 0.3) is 0 Å². The molecule has 0 aromatic heterocycles. The number of amidine groups is 1. The summed E-state index contributed by atoms with van der Waals surface area (Å²) in [6, 6.07) is 7.70. The molecule has 1 aromatic rings. The summed E-state index contributed by atoms with van der Waals surface area (Å²) in [4.78, 5) is 8.05. The van der Waals surface area contributed by atoms with Gasteiger partial charge in [0.15, 0.2) is 0 Å². The van der Waals surface area contributed by atoms with E-state index in [1.54, 1.807) is 0 Å². The fourth-order valence-electron chi connectivity index (χ4n) is 1.63. The van der Waals surface area contributed by atoms with Crippen molar-refractivity contribution < 1.29 is 0 Å². The van der Waals surface area contributed by atoms with E-state index < -0.39 is 0 Å². The van der Waals surface area contributed by atoms with Gasteiger partial charge in [-0.3, -0.25) is 4.99 Å². The van der Waals surface area contributed by atoms with Gasteiger partial charge in [0.1, 0.15) is 5.84 Å². The van der Waals surface area contributed by atoms with Gasteiger partial charge in [0.25, 0.3) is 0 Å². The molecule has 2 rings (SSSR count). The minimum absolute atomic E-state index is 0.133. The van der Waals surface area contributed by atoms with Crippen molar-refractivity contribution in [3.8, 4) is 0 Å². The summed E-state index contributed by atoms with van der Waals surface area (Å²) in [5, 5.41) is 0.733. The Labute approximate surface area is 99.0 Å². The average Bonchev–Trinajstić information content (AvgIpc) is 2.25. The molecule has 4 N–H and O–H groups in total. The molecular formula is C11H13ClN4. The van der Waals surface area contributed by atoms with Gasteiger partial charge in [-0.2, -0.15) is 0 Å². The molecular weight excluding hydrogens is 224 g/mol. The highest BCUT2D eigenvalue weighted by molar-refractivity contribution is 6.30. The molecule has 4 nitrogen and oxygen atoms in total. The van der Waals surface area contributed by atoms with E-state index in [1.807, 2.05) is 24.3 Å². The van der Waals surface area contributed by atoms with E-state index in [9.17, 15) is 0 Å². The number of aliphatic imine (C=N–C) groups is 2. The van der Waals surface area contributed by atoms with Gasteiger partial charge < -0.3 is 11.5 Å². The third-order valence-electron chi connectivity index (χ3n) is 2.53. The van der Waals surface area contributed by atoms with E-state index in [0.717, 1.165) is 11.4 Å². The third kappa shape index (κ3) is 2.52. The Kier molecular flexibility index (Phi) is 3.10. The quantitative estimate of drug-likeness (QED) is 0.809. The molecule has 1 aliphatic rings. The molecule has 0 saturated heterocycles. The van der Waals surface area contributed by atoms with Crippen LogP contribution in [0.4, 0.5) is 0 Å². The van der Waals surface area contributed by atoms with Crippen LogP contribution in [0, 0.1) is 5.92 Å². The molecule has 1 atom stereocenters. The number of rotatable bonds is 2. The Balaban J connectivity index is 2.06. The van der Waals surface area contributed by atoms with E-state index >= 15 is 0 Å². The fraction of sp³-hybridized carbons (Fsp3) is 0.273. The predicted molar refractivity (Wildman–Crippen MR) is 66.8 cm³/mol. The molecule has 1 heterocycles. The second-order valence-corrected chi connectivity index (χ2v) is 4.20. The normalized spacial score (nSPS) is 20.2. The van der Waals surface area contributed by atoms with Crippen LogP contribution in [0.5, 0.6) is 0 Å². The van der Waals surface area contributed by atoms with Crippen LogP contribution in [0.1, 0.15) is 5.56 Å². The lowest BCUT2D eigenvalue weighted by atomic mass is 9.98. The summed E-state index contributed by atoms with van der Waals surface area (Å²) in [5.41, 5.74) is 12.4. The third-order valence-corrected chi connectivity index (χ3v) is 2.78. The summed E-state index contributed by atoms with van der Waals surface area (Å²) in [6.07, 6.45) is 0.809. The zero-order chi connectivity index (χ0) is 11.5. The van der Waals surface area contributed by atoms with Crippen molar-refractivity contribution >= 4 is 23.4 Å². The molecule has 5 heteroatoms. The highest BCUT2D eigenvalue weighted by atomic mass is 35.5. The molecule has 0 saturated carbocycles. The Morgan fingerprint density at radius 3 is 2.56 bits per heavy atom. The van der Waals surface area contributed by atoms with E-state index in [2.05, 4.69) is 9.98 Å². The molecule has 16 heavy (non-hydrogen) atoms. The molecule has 1 aliphatic heterocycles. The van der Waals surface area contributed by atoms with E-state index in [4.69, 9.17) is 23.1 Å². The maximum absolute atomic E-state index is 5.82. The first-order valence-corrected chi connectivity index (χ1v) is 5.41. The first-order chi connectivity index (χ1) is 7.65. The zero-order valence-corrected chi connectivity index (χ0v) is 9.48. The molecule has 1 aromatic carbocycles. The maximum Gasteiger partial charge on any atom is 0.217 e. The smallest absolute Gasteiger partial charge is 0.217 e. The van der Waals surface area contributed by atoms with Crippen molar-refractivity contribution in [2.45, 2.75) is 6.42 Å². The minimum atomic E-state index is 0.133. The summed E-state index contributed by atoms with van der Waals surface area (Å²) in [6.45, 7) is 0.601.